The zero-order valence-electron chi connectivity index (χ0n) is 22.6. The Morgan fingerprint density at radius 1 is 0.878 bits per heavy atom. The molecule has 212 valence electrons. The van der Waals surface area contributed by atoms with Gasteiger partial charge in [-0.3, -0.25) is 14.6 Å². The van der Waals surface area contributed by atoms with E-state index in [0.29, 0.717) is 71.7 Å². The summed E-state index contributed by atoms with van der Waals surface area (Å²) < 4.78 is 45.5. The van der Waals surface area contributed by atoms with Crippen LogP contribution in [0.25, 0.3) is 10.9 Å². The van der Waals surface area contributed by atoms with Crippen LogP contribution in [0.15, 0.2) is 66.9 Å². The van der Waals surface area contributed by atoms with Gasteiger partial charge >= 0.3 is 0 Å². The SMILES string of the molecule is COc1cc2nccc(Oc3ccc(CC(=O)C4(C(=O)Cc5ccc(F)cc5)CC4)cc3F)c2cc1OCCCN. The van der Waals surface area contributed by atoms with Crippen LogP contribution in [0.5, 0.6) is 23.0 Å². The van der Waals surface area contributed by atoms with E-state index in [-0.39, 0.29) is 36.0 Å². The van der Waals surface area contributed by atoms with Crippen LogP contribution in [-0.2, 0) is 22.4 Å². The van der Waals surface area contributed by atoms with Crippen molar-refractivity contribution in [3.63, 3.8) is 0 Å². The van der Waals surface area contributed by atoms with E-state index in [4.69, 9.17) is 19.9 Å². The maximum Gasteiger partial charge on any atom is 0.166 e. The van der Waals surface area contributed by atoms with Crippen LogP contribution in [0.2, 0.25) is 0 Å². The zero-order valence-corrected chi connectivity index (χ0v) is 22.6. The minimum Gasteiger partial charge on any atom is -0.493 e. The highest BCUT2D eigenvalue weighted by Gasteiger charge is 2.54. The number of ether oxygens (including phenoxy) is 3. The molecule has 5 rings (SSSR count). The van der Waals surface area contributed by atoms with Crippen molar-refractivity contribution in [3.05, 3.63) is 89.6 Å². The molecule has 4 aromatic rings. The maximum atomic E-state index is 15.2. The summed E-state index contributed by atoms with van der Waals surface area (Å²) in [6.45, 7) is 0.892. The van der Waals surface area contributed by atoms with Gasteiger partial charge in [0.2, 0.25) is 0 Å². The molecule has 0 amide bonds. The molecule has 1 aliphatic carbocycles. The molecule has 0 spiro atoms. The molecule has 0 aliphatic heterocycles. The lowest BCUT2D eigenvalue weighted by molar-refractivity contribution is -0.133. The Bertz CT molecular complexity index is 1590. The van der Waals surface area contributed by atoms with Gasteiger partial charge in [0.25, 0.3) is 0 Å². The lowest BCUT2D eigenvalue weighted by Crippen LogP contribution is -2.28. The van der Waals surface area contributed by atoms with Crippen LogP contribution in [-0.4, -0.2) is 36.8 Å². The van der Waals surface area contributed by atoms with Crippen molar-refractivity contribution in [1.29, 1.82) is 0 Å². The van der Waals surface area contributed by atoms with Gasteiger partial charge in [0.15, 0.2) is 34.6 Å². The third kappa shape index (κ3) is 6.20. The highest BCUT2D eigenvalue weighted by molar-refractivity contribution is 6.11. The number of benzene rings is 3. The first-order chi connectivity index (χ1) is 19.8. The van der Waals surface area contributed by atoms with Crippen molar-refractivity contribution in [2.45, 2.75) is 32.1 Å². The van der Waals surface area contributed by atoms with Crippen molar-refractivity contribution in [1.82, 2.24) is 4.98 Å². The molecule has 2 N–H and O–H groups in total. The number of methoxy groups -OCH3 is 1. The molecule has 1 saturated carbocycles. The van der Waals surface area contributed by atoms with Gasteiger partial charge < -0.3 is 19.9 Å². The lowest BCUT2D eigenvalue weighted by Gasteiger charge is -2.15. The fraction of sp³-hybridized carbons (Fsp3) is 0.281. The van der Waals surface area contributed by atoms with E-state index in [9.17, 15) is 14.0 Å². The number of rotatable bonds is 13. The minimum atomic E-state index is -1.05. The summed E-state index contributed by atoms with van der Waals surface area (Å²) in [6, 6.07) is 15.1. The molecule has 41 heavy (non-hydrogen) atoms. The Balaban J connectivity index is 1.30. The Morgan fingerprint density at radius 3 is 2.24 bits per heavy atom. The molecule has 0 unspecified atom stereocenters. The van der Waals surface area contributed by atoms with E-state index in [2.05, 4.69) is 4.98 Å². The van der Waals surface area contributed by atoms with Gasteiger partial charge in [0, 0.05) is 30.5 Å². The van der Waals surface area contributed by atoms with Crippen molar-refractivity contribution in [3.8, 4) is 23.0 Å². The Kier molecular flexibility index (Phi) is 8.26. The first kappa shape index (κ1) is 28.2. The molecule has 0 saturated heterocycles. The fourth-order valence-corrected chi connectivity index (χ4v) is 4.76. The van der Waals surface area contributed by atoms with E-state index in [1.165, 1.54) is 31.4 Å². The van der Waals surface area contributed by atoms with Crippen LogP contribution >= 0.6 is 0 Å². The smallest absolute Gasteiger partial charge is 0.166 e. The van der Waals surface area contributed by atoms with E-state index < -0.39 is 11.2 Å². The van der Waals surface area contributed by atoms with Gasteiger partial charge in [0.05, 0.1) is 24.6 Å². The van der Waals surface area contributed by atoms with E-state index in [1.54, 1.807) is 42.6 Å². The summed E-state index contributed by atoms with van der Waals surface area (Å²) in [5.41, 5.74) is 6.18. The summed E-state index contributed by atoms with van der Waals surface area (Å²) >= 11 is 0. The second kappa shape index (κ2) is 12.0. The van der Waals surface area contributed by atoms with Crippen molar-refractivity contribution in [2.75, 3.05) is 20.3 Å². The number of aromatic nitrogens is 1. The molecule has 3 aromatic carbocycles. The molecule has 0 radical (unpaired) electrons. The molecular weight excluding hydrogens is 530 g/mol. The molecule has 1 aromatic heterocycles. The molecular formula is C32H30F2N2O5. The van der Waals surface area contributed by atoms with Gasteiger partial charge in [-0.05, 0) is 73.3 Å². The minimum absolute atomic E-state index is 0.0244. The lowest BCUT2D eigenvalue weighted by atomic mass is 9.88. The second-order valence-corrected chi connectivity index (χ2v) is 10.1. The number of ketones is 2. The van der Waals surface area contributed by atoms with Gasteiger partial charge in [-0.25, -0.2) is 8.78 Å². The van der Waals surface area contributed by atoms with Gasteiger partial charge in [-0.2, -0.15) is 0 Å². The van der Waals surface area contributed by atoms with Gasteiger partial charge in [-0.1, -0.05) is 18.2 Å². The number of Topliss-reactive ketones (excluding diaryl/α,β-unsaturated/α-hetero) is 2. The molecule has 0 atom stereocenters. The molecule has 1 heterocycles. The Labute approximate surface area is 236 Å². The largest absolute Gasteiger partial charge is 0.493 e. The highest BCUT2D eigenvalue weighted by Crippen LogP contribution is 2.49. The number of carbonyl (C=O) groups is 2. The molecule has 1 fully saturated rings. The number of carbonyl (C=O) groups excluding carboxylic acids is 2. The Morgan fingerprint density at radius 2 is 1.59 bits per heavy atom. The fourth-order valence-electron chi connectivity index (χ4n) is 4.76. The average Bonchev–Trinajstić information content (AvgIpc) is 3.78. The number of hydrogen-bond donors (Lipinski definition) is 1. The topological polar surface area (TPSA) is 101 Å². The highest BCUT2D eigenvalue weighted by atomic mass is 19.1. The number of nitrogens with two attached hydrogens (primary N) is 1. The number of fused-ring (bicyclic) bond motifs is 1. The predicted molar refractivity (Wildman–Crippen MR) is 149 cm³/mol. The number of nitrogens with zero attached hydrogens (tertiary/aromatic N) is 1. The van der Waals surface area contributed by atoms with Crippen LogP contribution in [0.4, 0.5) is 8.78 Å². The Hall–Kier alpha value is -4.37. The van der Waals surface area contributed by atoms with Crippen molar-refractivity contribution in [2.24, 2.45) is 11.1 Å². The number of halogens is 2. The first-order valence-electron chi connectivity index (χ1n) is 13.4. The van der Waals surface area contributed by atoms with Crippen LogP contribution in [0.1, 0.15) is 30.4 Å². The third-order valence-corrected chi connectivity index (χ3v) is 7.27. The molecule has 9 heteroatoms. The number of pyridine rings is 1. The maximum absolute atomic E-state index is 15.2. The second-order valence-electron chi connectivity index (χ2n) is 10.1. The first-order valence-corrected chi connectivity index (χ1v) is 13.4. The average molecular weight is 561 g/mol. The molecule has 0 bridgehead atoms. The summed E-state index contributed by atoms with van der Waals surface area (Å²) in [6.07, 6.45) is 3.13. The zero-order chi connectivity index (χ0) is 29.0. The summed E-state index contributed by atoms with van der Waals surface area (Å²) in [7, 11) is 1.53. The monoisotopic (exact) mass is 560 g/mol. The van der Waals surface area contributed by atoms with Crippen LogP contribution in [0.3, 0.4) is 0 Å². The van der Waals surface area contributed by atoms with Crippen molar-refractivity contribution >= 4 is 22.5 Å². The molecule has 1 aliphatic rings. The van der Waals surface area contributed by atoms with Gasteiger partial charge in [0.1, 0.15) is 11.6 Å². The molecule has 7 nitrogen and oxygen atoms in total. The summed E-state index contributed by atoms with van der Waals surface area (Å²) in [5, 5.41) is 0.602. The van der Waals surface area contributed by atoms with E-state index >= 15 is 4.39 Å². The van der Waals surface area contributed by atoms with Crippen molar-refractivity contribution < 1.29 is 32.6 Å². The standard InChI is InChI=1S/C32H30F2N2O5/c1-39-28-19-25-23(18-29(28)40-14-2-12-35)26(9-13-36-25)41-27-8-5-21(15-24(27)34)17-31(38)32(10-11-32)30(37)16-20-3-6-22(33)7-4-20/h3-9,13,15,18-19H,2,10-12,14,16-17,35H2,1H3. The van der Waals surface area contributed by atoms with Crippen LogP contribution in [0, 0.1) is 17.0 Å². The normalized spacial score (nSPS) is 13.6. The van der Waals surface area contributed by atoms with E-state index in [1.807, 2.05) is 0 Å². The van der Waals surface area contributed by atoms with E-state index in [0.717, 1.165) is 0 Å². The van der Waals surface area contributed by atoms with Crippen LogP contribution < -0.4 is 19.9 Å². The summed E-state index contributed by atoms with van der Waals surface area (Å²) in [4.78, 5) is 30.4. The third-order valence-electron chi connectivity index (χ3n) is 7.27. The summed E-state index contributed by atoms with van der Waals surface area (Å²) in [5.74, 6) is -0.127. The quantitative estimate of drug-likeness (QED) is 0.164. The number of hydrogen-bond acceptors (Lipinski definition) is 7. The van der Waals surface area contributed by atoms with Gasteiger partial charge in [-0.15, -0.1) is 0 Å². The predicted octanol–water partition coefficient (Wildman–Crippen LogP) is 5.75.